The molecule has 0 aromatic heterocycles. The molecular formula is C18H16F2N2O2. The van der Waals surface area contributed by atoms with E-state index in [1.807, 2.05) is 18.2 Å². The lowest BCUT2D eigenvalue weighted by molar-refractivity contribution is -0.117. The van der Waals surface area contributed by atoms with Gasteiger partial charge in [-0.1, -0.05) is 12.1 Å². The Balaban J connectivity index is 1.68. The molecule has 0 bridgehead atoms. The third-order valence-corrected chi connectivity index (χ3v) is 3.92. The molecular weight excluding hydrogens is 314 g/mol. The first kappa shape index (κ1) is 16.1. The Morgan fingerprint density at radius 1 is 1.17 bits per heavy atom. The highest BCUT2D eigenvalue weighted by molar-refractivity contribution is 5.95. The number of nitrogens with one attached hydrogen (secondary N) is 1. The van der Waals surface area contributed by atoms with Crippen molar-refractivity contribution in [2.75, 3.05) is 11.4 Å². The summed E-state index contributed by atoms with van der Waals surface area (Å²) in [6, 6.07) is 10.1. The van der Waals surface area contributed by atoms with Crippen LogP contribution < -0.4 is 10.2 Å². The van der Waals surface area contributed by atoms with Crippen LogP contribution in [0.3, 0.4) is 0 Å². The molecule has 1 aliphatic rings. The van der Waals surface area contributed by atoms with E-state index in [-0.39, 0.29) is 18.0 Å². The summed E-state index contributed by atoms with van der Waals surface area (Å²) in [5.41, 5.74) is 1.38. The first-order valence-electron chi connectivity index (χ1n) is 7.67. The molecule has 2 amide bonds. The lowest BCUT2D eigenvalue weighted by Gasteiger charge is -2.16. The fourth-order valence-electron chi connectivity index (χ4n) is 2.71. The monoisotopic (exact) mass is 330 g/mol. The molecule has 2 aromatic carbocycles. The number of hydrogen-bond acceptors (Lipinski definition) is 2. The van der Waals surface area contributed by atoms with Crippen molar-refractivity contribution < 1.29 is 18.4 Å². The van der Waals surface area contributed by atoms with Gasteiger partial charge in [0.05, 0.1) is 5.56 Å². The van der Waals surface area contributed by atoms with E-state index in [4.69, 9.17) is 0 Å². The van der Waals surface area contributed by atoms with E-state index >= 15 is 0 Å². The molecule has 0 saturated carbocycles. The Morgan fingerprint density at radius 2 is 2.00 bits per heavy atom. The zero-order valence-corrected chi connectivity index (χ0v) is 12.9. The summed E-state index contributed by atoms with van der Waals surface area (Å²) in [4.78, 5) is 25.5. The van der Waals surface area contributed by atoms with Crippen LogP contribution in [0.5, 0.6) is 0 Å². The number of carbonyl (C=O) groups excluding carboxylic acids is 2. The summed E-state index contributed by atoms with van der Waals surface area (Å²) in [5, 5.41) is 2.60. The lowest BCUT2D eigenvalue weighted by Crippen LogP contribution is -2.25. The smallest absolute Gasteiger partial charge is 0.254 e. The molecule has 1 heterocycles. The maximum absolute atomic E-state index is 13.6. The quantitative estimate of drug-likeness (QED) is 0.937. The van der Waals surface area contributed by atoms with Gasteiger partial charge in [-0.05, 0) is 36.2 Å². The van der Waals surface area contributed by atoms with Crippen LogP contribution >= 0.6 is 0 Å². The normalized spacial score (nSPS) is 14.1. The second kappa shape index (κ2) is 6.78. The van der Waals surface area contributed by atoms with E-state index in [0.717, 1.165) is 29.8 Å². The van der Waals surface area contributed by atoms with Crippen molar-refractivity contribution in [3.8, 4) is 0 Å². The molecule has 24 heavy (non-hydrogen) atoms. The van der Waals surface area contributed by atoms with Crippen molar-refractivity contribution >= 4 is 17.5 Å². The van der Waals surface area contributed by atoms with Gasteiger partial charge in [0.1, 0.15) is 11.6 Å². The first-order valence-corrected chi connectivity index (χ1v) is 7.67. The minimum Gasteiger partial charge on any atom is -0.348 e. The number of amides is 2. The molecule has 2 aromatic rings. The maximum Gasteiger partial charge on any atom is 0.254 e. The van der Waals surface area contributed by atoms with Crippen LogP contribution in [-0.2, 0) is 11.3 Å². The van der Waals surface area contributed by atoms with Gasteiger partial charge in [0.15, 0.2) is 0 Å². The molecule has 1 N–H and O–H groups in total. The van der Waals surface area contributed by atoms with Crippen LogP contribution in [0.4, 0.5) is 14.5 Å². The van der Waals surface area contributed by atoms with E-state index in [0.29, 0.717) is 19.0 Å². The van der Waals surface area contributed by atoms with Crippen LogP contribution in [0.1, 0.15) is 28.8 Å². The standard InChI is InChI=1S/C18H16F2N2O2/c19-13-6-7-15(16(20)10-13)18(24)21-11-12-3-1-4-14(9-12)22-8-2-5-17(22)23/h1,3-4,6-7,9-10H,2,5,8,11H2,(H,21,24). The SMILES string of the molecule is O=C(NCc1cccc(N2CCCC2=O)c1)c1ccc(F)cc1F. The number of nitrogens with zero attached hydrogens (tertiary/aromatic N) is 1. The minimum absolute atomic E-state index is 0.0876. The molecule has 0 spiro atoms. The second-order valence-electron chi connectivity index (χ2n) is 5.63. The zero-order valence-electron chi connectivity index (χ0n) is 12.9. The predicted molar refractivity (Wildman–Crippen MR) is 85.6 cm³/mol. The number of carbonyl (C=O) groups is 2. The van der Waals surface area contributed by atoms with Crippen LogP contribution in [0, 0.1) is 11.6 Å². The summed E-state index contributed by atoms with van der Waals surface area (Å²) in [5.74, 6) is -2.16. The number of anilines is 1. The molecule has 0 radical (unpaired) electrons. The average Bonchev–Trinajstić information content (AvgIpc) is 2.99. The van der Waals surface area contributed by atoms with Crippen molar-refractivity contribution in [2.24, 2.45) is 0 Å². The molecule has 4 nitrogen and oxygen atoms in total. The topological polar surface area (TPSA) is 49.4 Å². The molecule has 1 fully saturated rings. The van der Waals surface area contributed by atoms with Crippen molar-refractivity contribution in [3.05, 3.63) is 65.2 Å². The largest absolute Gasteiger partial charge is 0.348 e. The fraction of sp³-hybridized carbons (Fsp3) is 0.222. The van der Waals surface area contributed by atoms with Gasteiger partial charge in [-0.3, -0.25) is 9.59 Å². The number of hydrogen-bond donors (Lipinski definition) is 1. The molecule has 6 heteroatoms. The van der Waals surface area contributed by atoms with Crippen molar-refractivity contribution in [2.45, 2.75) is 19.4 Å². The van der Waals surface area contributed by atoms with E-state index in [2.05, 4.69) is 5.32 Å². The van der Waals surface area contributed by atoms with Crippen molar-refractivity contribution in [1.82, 2.24) is 5.32 Å². The molecule has 0 atom stereocenters. The Kier molecular flexibility index (Phi) is 4.55. The van der Waals surface area contributed by atoms with Gasteiger partial charge in [-0.2, -0.15) is 0 Å². The van der Waals surface area contributed by atoms with E-state index in [9.17, 15) is 18.4 Å². The summed E-state index contributed by atoms with van der Waals surface area (Å²) >= 11 is 0. The third kappa shape index (κ3) is 3.42. The Bertz CT molecular complexity index is 792. The Morgan fingerprint density at radius 3 is 2.71 bits per heavy atom. The van der Waals surface area contributed by atoms with Gasteiger partial charge >= 0.3 is 0 Å². The van der Waals surface area contributed by atoms with Gasteiger partial charge < -0.3 is 10.2 Å². The van der Waals surface area contributed by atoms with E-state index in [1.165, 1.54) is 0 Å². The van der Waals surface area contributed by atoms with Crippen LogP contribution in [0.25, 0.3) is 0 Å². The highest BCUT2D eigenvalue weighted by atomic mass is 19.1. The summed E-state index contributed by atoms with van der Waals surface area (Å²) in [6.07, 6.45) is 1.38. The van der Waals surface area contributed by atoms with Gasteiger partial charge in [0.25, 0.3) is 5.91 Å². The molecule has 124 valence electrons. The Labute approximate surface area is 138 Å². The van der Waals surface area contributed by atoms with E-state index < -0.39 is 17.5 Å². The number of halogens is 2. The summed E-state index contributed by atoms with van der Waals surface area (Å²) in [7, 11) is 0. The fourth-order valence-corrected chi connectivity index (χ4v) is 2.71. The first-order chi connectivity index (χ1) is 11.5. The predicted octanol–water partition coefficient (Wildman–Crippen LogP) is 3.02. The average molecular weight is 330 g/mol. The van der Waals surface area contributed by atoms with Crippen molar-refractivity contribution in [1.29, 1.82) is 0 Å². The number of benzene rings is 2. The molecule has 0 aliphatic carbocycles. The highest BCUT2D eigenvalue weighted by Gasteiger charge is 2.21. The maximum atomic E-state index is 13.6. The van der Waals surface area contributed by atoms with Gasteiger partial charge in [0, 0.05) is 31.3 Å². The molecule has 1 aliphatic heterocycles. The number of rotatable bonds is 4. The molecule has 0 unspecified atom stereocenters. The highest BCUT2D eigenvalue weighted by Crippen LogP contribution is 2.22. The summed E-state index contributed by atoms with van der Waals surface area (Å²) in [6.45, 7) is 0.876. The van der Waals surface area contributed by atoms with Crippen LogP contribution in [0.2, 0.25) is 0 Å². The van der Waals surface area contributed by atoms with Crippen LogP contribution in [-0.4, -0.2) is 18.4 Å². The lowest BCUT2D eigenvalue weighted by atomic mass is 10.1. The summed E-state index contributed by atoms with van der Waals surface area (Å²) < 4.78 is 26.5. The third-order valence-electron chi connectivity index (χ3n) is 3.92. The minimum atomic E-state index is -0.899. The molecule has 1 saturated heterocycles. The van der Waals surface area contributed by atoms with Gasteiger partial charge in [0.2, 0.25) is 5.91 Å². The van der Waals surface area contributed by atoms with Gasteiger partial charge in [-0.15, -0.1) is 0 Å². The van der Waals surface area contributed by atoms with Crippen molar-refractivity contribution in [3.63, 3.8) is 0 Å². The van der Waals surface area contributed by atoms with Gasteiger partial charge in [-0.25, -0.2) is 8.78 Å². The zero-order chi connectivity index (χ0) is 17.1. The molecule has 3 rings (SSSR count). The second-order valence-corrected chi connectivity index (χ2v) is 5.63. The van der Waals surface area contributed by atoms with E-state index in [1.54, 1.807) is 11.0 Å². The Hall–Kier alpha value is -2.76. The van der Waals surface area contributed by atoms with Crippen LogP contribution in [0.15, 0.2) is 42.5 Å².